The second kappa shape index (κ2) is 8.71. The molecule has 0 amide bonds. The van der Waals surface area contributed by atoms with Crippen LogP contribution in [0.4, 0.5) is 23.0 Å². The number of anilines is 4. The lowest BCUT2D eigenvalue weighted by Gasteiger charge is -2.12. The van der Waals surface area contributed by atoms with Crippen molar-refractivity contribution in [3.63, 3.8) is 0 Å². The maximum atomic E-state index is 11.7. The number of esters is 1. The topological polar surface area (TPSA) is 76.1 Å². The van der Waals surface area contributed by atoms with Gasteiger partial charge in [-0.15, -0.1) is 0 Å². The van der Waals surface area contributed by atoms with Crippen LogP contribution in [0.15, 0.2) is 48.5 Å². The average molecular weight is 397 g/mol. The summed E-state index contributed by atoms with van der Waals surface area (Å²) in [5, 5.41) is 7.16. The number of nitrogens with zero attached hydrogens (tertiary/aromatic N) is 2. The van der Waals surface area contributed by atoms with Crippen molar-refractivity contribution in [2.75, 3.05) is 17.2 Å². The minimum Gasteiger partial charge on any atom is -0.462 e. The number of aromatic nitrogens is 2. The summed E-state index contributed by atoms with van der Waals surface area (Å²) in [6.07, 6.45) is 0. The van der Waals surface area contributed by atoms with E-state index in [1.54, 1.807) is 31.2 Å². The van der Waals surface area contributed by atoms with Crippen LogP contribution in [0.2, 0.25) is 5.02 Å². The summed E-state index contributed by atoms with van der Waals surface area (Å²) in [5.41, 5.74) is 3.25. The molecule has 1 aromatic heterocycles. The van der Waals surface area contributed by atoms with Crippen LogP contribution in [0, 0.1) is 13.8 Å². The average Bonchev–Trinajstić information content (AvgIpc) is 2.65. The molecule has 144 valence electrons. The number of hydrogen-bond donors (Lipinski definition) is 2. The van der Waals surface area contributed by atoms with Crippen LogP contribution in [0.25, 0.3) is 0 Å². The standard InChI is InChI=1S/C21H21ClN4O2/c1-4-28-21(27)15-6-9-17(10-7-15)25-19-12-20(24-14(3)23-19)26-18-11-16(22)8-5-13(18)2/h5-12H,4H2,1-3H3,(H2,23,24,25,26). The Morgan fingerprint density at radius 3 is 2.36 bits per heavy atom. The number of halogens is 1. The molecule has 0 fully saturated rings. The fourth-order valence-electron chi connectivity index (χ4n) is 2.61. The van der Waals surface area contributed by atoms with Crippen molar-refractivity contribution in [3.05, 3.63) is 70.5 Å². The smallest absolute Gasteiger partial charge is 0.338 e. The molecule has 3 rings (SSSR count). The maximum absolute atomic E-state index is 11.7. The third kappa shape index (κ3) is 4.98. The zero-order valence-corrected chi connectivity index (χ0v) is 16.7. The first kappa shape index (κ1) is 19.6. The van der Waals surface area contributed by atoms with E-state index in [0.29, 0.717) is 34.7 Å². The second-order valence-corrected chi connectivity index (χ2v) is 6.63. The molecule has 0 aliphatic heterocycles. The van der Waals surface area contributed by atoms with Crippen molar-refractivity contribution < 1.29 is 9.53 Å². The molecular weight excluding hydrogens is 376 g/mol. The zero-order valence-electron chi connectivity index (χ0n) is 15.9. The Balaban J connectivity index is 1.78. The fraction of sp³-hybridized carbons (Fsp3) is 0.190. The van der Waals surface area contributed by atoms with E-state index in [9.17, 15) is 4.79 Å². The van der Waals surface area contributed by atoms with Crippen LogP contribution in [0.1, 0.15) is 28.7 Å². The third-order valence-electron chi connectivity index (χ3n) is 3.97. The Bertz CT molecular complexity index is 990. The Labute approximate surface area is 168 Å². The number of benzene rings is 2. The molecule has 2 aromatic carbocycles. The largest absolute Gasteiger partial charge is 0.462 e. The van der Waals surface area contributed by atoms with Gasteiger partial charge in [-0.05, 0) is 62.7 Å². The van der Waals surface area contributed by atoms with E-state index in [1.807, 2.05) is 38.1 Å². The summed E-state index contributed by atoms with van der Waals surface area (Å²) >= 11 is 6.09. The van der Waals surface area contributed by atoms with Crippen molar-refractivity contribution in [1.29, 1.82) is 0 Å². The van der Waals surface area contributed by atoms with Gasteiger partial charge in [0.05, 0.1) is 12.2 Å². The quantitative estimate of drug-likeness (QED) is 0.542. The molecule has 0 bridgehead atoms. The molecule has 0 spiro atoms. The summed E-state index contributed by atoms with van der Waals surface area (Å²) < 4.78 is 4.99. The Morgan fingerprint density at radius 1 is 1.00 bits per heavy atom. The lowest BCUT2D eigenvalue weighted by Crippen LogP contribution is -2.05. The summed E-state index contributed by atoms with van der Waals surface area (Å²) in [6, 6.07) is 14.5. The van der Waals surface area contributed by atoms with E-state index < -0.39 is 0 Å². The first-order valence-corrected chi connectivity index (χ1v) is 9.25. The Kier molecular flexibility index (Phi) is 6.11. The highest BCUT2D eigenvalue weighted by Crippen LogP contribution is 2.25. The van der Waals surface area contributed by atoms with Crippen LogP contribution >= 0.6 is 11.6 Å². The van der Waals surface area contributed by atoms with Gasteiger partial charge in [0.1, 0.15) is 17.5 Å². The predicted octanol–water partition coefficient (Wildman–Crippen LogP) is 5.41. The molecule has 3 aromatic rings. The molecule has 7 heteroatoms. The number of ether oxygens (including phenoxy) is 1. The van der Waals surface area contributed by atoms with Crippen molar-refractivity contribution in [2.45, 2.75) is 20.8 Å². The third-order valence-corrected chi connectivity index (χ3v) is 4.20. The van der Waals surface area contributed by atoms with E-state index >= 15 is 0 Å². The highest BCUT2D eigenvalue weighted by Gasteiger charge is 2.08. The second-order valence-electron chi connectivity index (χ2n) is 6.19. The zero-order chi connectivity index (χ0) is 20.1. The number of carbonyl (C=O) groups is 1. The van der Waals surface area contributed by atoms with Gasteiger partial charge < -0.3 is 15.4 Å². The number of nitrogens with one attached hydrogen (secondary N) is 2. The molecule has 6 nitrogen and oxygen atoms in total. The molecule has 0 saturated carbocycles. The summed E-state index contributed by atoms with van der Waals surface area (Å²) in [7, 11) is 0. The van der Waals surface area contributed by atoms with Gasteiger partial charge in [0.15, 0.2) is 0 Å². The van der Waals surface area contributed by atoms with Gasteiger partial charge in [-0.2, -0.15) is 0 Å². The van der Waals surface area contributed by atoms with Gasteiger partial charge in [-0.1, -0.05) is 17.7 Å². The normalized spacial score (nSPS) is 10.4. The number of rotatable bonds is 6. The number of aryl methyl sites for hydroxylation is 2. The Morgan fingerprint density at radius 2 is 1.68 bits per heavy atom. The predicted molar refractivity (Wildman–Crippen MR) is 112 cm³/mol. The molecule has 0 aliphatic rings. The summed E-state index contributed by atoms with van der Waals surface area (Å²) in [5.74, 6) is 1.58. The summed E-state index contributed by atoms with van der Waals surface area (Å²) in [6.45, 7) is 5.95. The van der Waals surface area contributed by atoms with Crippen LogP contribution in [-0.4, -0.2) is 22.5 Å². The SMILES string of the molecule is CCOC(=O)c1ccc(Nc2cc(Nc3cc(Cl)ccc3C)nc(C)n2)cc1. The lowest BCUT2D eigenvalue weighted by molar-refractivity contribution is 0.0526. The van der Waals surface area contributed by atoms with E-state index in [4.69, 9.17) is 16.3 Å². The van der Waals surface area contributed by atoms with Crippen LogP contribution in [-0.2, 0) is 4.74 Å². The maximum Gasteiger partial charge on any atom is 0.338 e. The highest BCUT2D eigenvalue weighted by atomic mass is 35.5. The Hall–Kier alpha value is -3.12. The van der Waals surface area contributed by atoms with Gasteiger partial charge in [0.2, 0.25) is 0 Å². The minimum atomic E-state index is -0.338. The van der Waals surface area contributed by atoms with E-state index in [2.05, 4.69) is 20.6 Å². The van der Waals surface area contributed by atoms with Crippen LogP contribution < -0.4 is 10.6 Å². The molecular formula is C21H21ClN4O2. The first-order chi connectivity index (χ1) is 13.4. The van der Waals surface area contributed by atoms with Gasteiger partial charge >= 0.3 is 5.97 Å². The lowest BCUT2D eigenvalue weighted by atomic mass is 10.2. The van der Waals surface area contributed by atoms with Crippen molar-refractivity contribution in [2.24, 2.45) is 0 Å². The molecule has 0 atom stereocenters. The molecule has 0 unspecified atom stereocenters. The molecule has 0 aliphatic carbocycles. The fourth-order valence-corrected chi connectivity index (χ4v) is 2.79. The highest BCUT2D eigenvalue weighted by molar-refractivity contribution is 6.30. The van der Waals surface area contributed by atoms with Crippen molar-refractivity contribution in [3.8, 4) is 0 Å². The molecule has 2 N–H and O–H groups in total. The molecule has 28 heavy (non-hydrogen) atoms. The van der Waals surface area contributed by atoms with Gasteiger partial charge in [0, 0.05) is 22.5 Å². The van der Waals surface area contributed by atoms with E-state index in [0.717, 1.165) is 16.9 Å². The molecule has 0 saturated heterocycles. The summed E-state index contributed by atoms with van der Waals surface area (Å²) in [4.78, 5) is 20.6. The minimum absolute atomic E-state index is 0.338. The monoisotopic (exact) mass is 396 g/mol. The van der Waals surface area contributed by atoms with Crippen LogP contribution in [0.5, 0.6) is 0 Å². The van der Waals surface area contributed by atoms with Gasteiger partial charge in [-0.3, -0.25) is 0 Å². The molecule has 1 heterocycles. The van der Waals surface area contributed by atoms with E-state index in [-0.39, 0.29) is 5.97 Å². The van der Waals surface area contributed by atoms with Gasteiger partial charge in [-0.25, -0.2) is 14.8 Å². The van der Waals surface area contributed by atoms with Gasteiger partial charge in [0.25, 0.3) is 0 Å². The number of hydrogen-bond acceptors (Lipinski definition) is 6. The van der Waals surface area contributed by atoms with Crippen molar-refractivity contribution >= 4 is 40.6 Å². The molecule has 0 radical (unpaired) electrons. The van der Waals surface area contributed by atoms with E-state index in [1.165, 1.54) is 0 Å². The first-order valence-electron chi connectivity index (χ1n) is 8.87. The van der Waals surface area contributed by atoms with Crippen molar-refractivity contribution in [1.82, 2.24) is 9.97 Å². The number of carbonyl (C=O) groups excluding carboxylic acids is 1. The van der Waals surface area contributed by atoms with Crippen LogP contribution in [0.3, 0.4) is 0 Å².